The maximum atomic E-state index is 12.2. The van der Waals surface area contributed by atoms with Gasteiger partial charge in [-0.25, -0.2) is 4.79 Å². The molecule has 1 rings (SSSR count). The highest BCUT2D eigenvalue weighted by Gasteiger charge is 2.19. The molecule has 0 spiro atoms. The van der Waals surface area contributed by atoms with Gasteiger partial charge in [-0.05, 0) is 31.5 Å². The number of aliphatic carboxylic acids is 1. The molecule has 1 aromatic rings. The van der Waals surface area contributed by atoms with Gasteiger partial charge in [0.1, 0.15) is 0 Å². The van der Waals surface area contributed by atoms with Crippen LogP contribution in [0.4, 0.5) is 10.5 Å². The smallest absolute Gasteiger partial charge is 0.321 e. The summed E-state index contributed by atoms with van der Waals surface area (Å²) in [5.74, 6) is -1.50. The maximum absolute atomic E-state index is 12.2. The SMILES string of the molecule is CCN(CC(C)C(=O)O)C(=O)Nc1cc(Br)ccc1C. The Morgan fingerprint density at radius 2 is 2.10 bits per heavy atom. The Morgan fingerprint density at radius 3 is 2.65 bits per heavy atom. The van der Waals surface area contributed by atoms with Crippen molar-refractivity contribution in [3.05, 3.63) is 28.2 Å². The summed E-state index contributed by atoms with van der Waals surface area (Å²) in [5, 5.41) is 11.7. The van der Waals surface area contributed by atoms with Gasteiger partial charge in [0.2, 0.25) is 0 Å². The van der Waals surface area contributed by atoms with Crippen LogP contribution in [0.1, 0.15) is 19.4 Å². The van der Waals surface area contributed by atoms with Crippen LogP contribution in [0.5, 0.6) is 0 Å². The van der Waals surface area contributed by atoms with Gasteiger partial charge >= 0.3 is 12.0 Å². The number of carbonyl (C=O) groups is 2. The minimum absolute atomic E-state index is 0.185. The summed E-state index contributed by atoms with van der Waals surface area (Å²) in [7, 11) is 0. The molecule has 0 aromatic heterocycles. The van der Waals surface area contributed by atoms with Crippen molar-refractivity contribution in [2.24, 2.45) is 5.92 Å². The first-order valence-electron chi connectivity index (χ1n) is 6.40. The first-order valence-corrected chi connectivity index (χ1v) is 7.19. The zero-order chi connectivity index (χ0) is 15.3. The van der Waals surface area contributed by atoms with E-state index in [9.17, 15) is 9.59 Å². The third-order valence-corrected chi connectivity index (χ3v) is 3.52. The van der Waals surface area contributed by atoms with Crippen molar-refractivity contribution in [2.45, 2.75) is 20.8 Å². The summed E-state index contributed by atoms with van der Waals surface area (Å²) < 4.78 is 0.875. The zero-order valence-electron chi connectivity index (χ0n) is 11.8. The fourth-order valence-corrected chi connectivity index (χ4v) is 2.05. The number of aryl methyl sites for hydroxylation is 1. The lowest BCUT2D eigenvalue weighted by Crippen LogP contribution is -2.39. The van der Waals surface area contributed by atoms with Gasteiger partial charge in [-0.3, -0.25) is 4.79 Å². The Bertz CT molecular complexity index is 505. The van der Waals surface area contributed by atoms with Crippen molar-refractivity contribution in [1.29, 1.82) is 0 Å². The minimum Gasteiger partial charge on any atom is -0.481 e. The molecule has 0 radical (unpaired) electrons. The maximum Gasteiger partial charge on any atom is 0.321 e. The second-order valence-electron chi connectivity index (χ2n) is 4.67. The van der Waals surface area contributed by atoms with E-state index in [1.54, 1.807) is 6.92 Å². The van der Waals surface area contributed by atoms with Crippen LogP contribution in [0.25, 0.3) is 0 Å². The predicted molar refractivity (Wildman–Crippen MR) is 81.9 cm³/mol. The number of hydrogen-bond donors (Lipinski definition) is 2. The van der Waals surface area contributed by atoms with E-state index in [2.05, 4.69) is 21.2 Å². The number of carbonyl (C=O) groups excluding carboxylic acids is 1. The van der Waals surface area contributed by atoms with Crippen LogP contribution in [0.2, 0.25) is 0 Å². The van der Waals surface area contributed by atoms with Crippen LogP contribution in [0.15, 0.2) is 22.7 Å². The van der Waals surface area contributed by atoms with E-state index >= 15 is 0 Å². The van der Waals surface area contributed by atoms with Crippen LogP contribution >= 0.6 is 15.9 Å². The van der Waals surface area contributed by atoms with Gasteiger partial charge in [0.05, 0.1) is 5.92 Å². The number of nitrogens with one attached hydrogen (secondary N) is 1. The highest BCUT2D eigenvalue weighted by atomic mass is 79.9. The molecule has 0 saturated heterocycles. The Hall–Kier alpha value is -1.56. The molecule has 20 heavy (non-hydrogen) atoms. The van der Waals surface area contributed by atoms with E-state index in [1.165, 1.54) is 4.90 Å². The van der Waals surface area contributed by atoms with Crippen molar-refractivity contribution < 1.29 is 14.7 Å². The number of anilines is 1. The average molecular weight is 343 g/mol. The fraction of sp³-hybridized carbons (Fsp3) is 0.429. The topological polar surface area (TPSA) is 69.6 Å². The highest BCUT2D eigenvalue weighted by Crippen LogP contribution is 2.21. The average Bonchev–Trinajstić information content (AvgIpc) is 2.39. The number of amides is 2. The standard InChI is InChI=1S/C14H19BrN2O3/c1-4-17(8-10(3)13(18)19)14(20)16-12-7-11(15)6-5-9(12)2/h5-7,10H,4,8H2,1-3H3,(H,16,20)(H,18,19). The minimum atomic E-state index is -0.908. The zero-order valence-corrected chi connectivity index (χ0v) is 13.4. The largest absolute Gasteiger partial charge is 0.481 e. The summed E-state index contributed by atoms with van der Waals surface area (Å²) >= 11 is 3.36. The number of hydrogen-bond acceptors (Lipinski definition) is 2. The molecular weight excluding hydrogens is 324 g/mol. The predicted octanol–water partition coefficient (Wildman–Crippen LogP) is 3.33. The Morgan fingerprint density at radius 1 is 1.45 bits per heavy atom. The molecule has 2 N–H and O–H groups in total. The first kappa shape index (κ1) is 16.5. The van der Waals surface area contributed by atoms with Crippen molar-refractivity contribution >= 4 is 33.6 Å². The lowest BCUT2D eigenvalue weighted by molar-refractivity contribution is -0.141. The Kier molecular flexibility index (Phi) is 6.01. The number of carboxylic acid groups (broad SMARTS) is 1. The monoisotopic (exact) mass is 342 g/mol. The van der Waals surface area contributed by atoms with Gasteiger partial charge in [-0.2, -0.15) is 0 Å². The molecule has 0 bridgehead atoms. The van der Waals surface area contributed by atoms with Crippen LogP contribution in [-0.4, -0.2) is 35.1 Å². The van der Waals surface area contributed by atoms with Gasteiger partial charge in [0.15, 0.2) is 0 Å². The van der Waals surface area contributed by atoms with Crippen LogP contribution < -0.4 is 5.32 Å². The molecule has 0 aliphatic carbocycles. The van der Waals surface area contributed by atoms with Crippen LogP contribution in [-0.2, 0) is 4.79 Å². The number of carboxylic acids is 1. The Labute approximate surface area is 127 Å². The first-order chi connectivity index (χ1) is 9.35. The number of urea groups is 1. The molecule has 0 aliphatic heterocycles. The molecule has 5 nitrogen and oxygen atoms in total. The summed E-state index contributed by atoms with van der Waals surface area (Å²) in [6.07, 6.45) is 0. The van der Waals surface area contributed by atoms with E-state index in [1.807, 2.05) is 32.0 Å². The number of halogens is 1. The molecule has 2 amide bonds. The molecular formula is C14H19BrN2O3. The van der Waals surface area contributed by atoms with Crippen molar-refractivity contribution in [1.82, 2.24) is 4.90 Å². The third-order valence-electron chi connectivity index (χ3n) is 3.03. The van der Waals surface area contributed by atoms with Crippen molar-refractivity contribution in [3.63, 3.8) is 0 Å². The van der Waals surface area contributed by atoms with E-state index < -0.39 is 11.9 Å². The molecule has 1 atom stereocenters. The highest BCUT2D eigenvalue weighted by molar-refractivity contribution is 9.10. The summed E-state index contributed by atoms with van der Waals surface area (Å²) in [4.78, 5) is 24.5. The summed E-state index contributed by atoms with van der Waals surface area (Å²) in [6, 6.07) is 5.33. The van der Waals surface area contributed by atoms with E-state index in [4.69, 9.17) is 5.11 Å². The van der Waals surface area contributed by atoms with Gasteiger partial charge in [0, 0.05) is 23.2 Å². The molecule has 0 fully saturated rings. The molecule has 0 aliphatic rings. The van der Waals surface area contributed by atoms with Crippen LogP contribution in [0.3, 0.4) is 0 Å². The molecule has 0 heterocycles. The van der Waals surface area contributed by atoms with Crippen LogP contribution in [0, 0.1) is 12.8 Å². The molecule has 0 saturated carbocycles. The van der Waals surface area contributed by atoms with Gasteiger partial charge in [0.25, 0.3) is 0 Å². The second kappa shape index (κ2) is 7.28. The Balaban J connectivity index is 2.77. The lowest BCUT2D eigenvalue weighted by atomic mass is 10.1. The van der Waals surface area contributed by atoms with Gasteiger partial charge in [-0.15, -0.1) is 0 Å². The van der Waals surface area contributed by atoms with E-state index in [-0.39, 0.29) is 12.6 Å². The van der Waals surface area contributed by atoms with E-state index in [0.717, 1.165) is 10.0 Å². The van der Waals surface area contributed by atoms with Crippen molar-refractivity contribution in [3.8, 4) is 0 Å². The molecule has 110 valence electrons. The fourth-order valence-electron chi connectivity index (χ4n) is 1.69. The quantitative estimate of drug-likeness (QED) is 0.862. The second-order valence-corrected chi connectivity index (χ2v) is 5.58. The number of nitrogens with zero attached hydrogens (tertiary/aromatic N) is 1. The van der Waals surface area contributed by atoms with E-state index in [0.29, 0.717) is 12.2 Å². The lowest BCUT2D eigenvalue weighted by Gasteiger charge is -2.23. The van der Waals surface area contributed by atoms with Gasteiger partial charge in [-0.1, -0.05) is 28.9 Å². The number of rotatable bonds is 5. The summed E-state index contributed by atoms with van der Waals surface area (Å²) in [5.41, 5.74) is 1.66. The normalized spacial score (nSPS) is 11.8. The summed E-state index contributed by atoms with van der Waals surface area (Å²) in [6.45, 7) is 5.95. The van der Waals surface area contributed by atoms with Crippen molar-refractivity contribution in [2.75, 3.05) is 18.4 Å². The number of benzene rings is 1. The molecule has 6 heteroatoms. The molecule has 1 unspecified atom stereocenters. The third kappa shape index (κ3) is 4.52. The van der Waals surface area contributed by atoms with Gasteiger partial charge < -0.3 is 15.3 Å². The molecule has 1 aromatic carbocycles.